The lowest BCUT2D eigenvalue weighted by atomic mass is 10.2. The summed E-state index contributed by atoms with van der Waals surface area (Å²) in [6, 6.07) is 12.4. The van der Waals surface area contributed by atoms with Crippen LogP contribution in [0.25, 0.3) is 10.4 Å². The first-order valence-corrected chi connectivity index (χ1v) is 6.02. The summed E-state index contributed by atoms with van der Waals surface area (Å²) in [5.41, 5.74) is 7.02. The van der Waals surface area contributed by atoms with Crippen molar-refractivity contribution in [3.63, 3.8) is 0 Å². The second-order valence-corrected chi connectivity index (χ2v) is 4.84. The van der Waals surface area contributed by atoms with Crippen LogP contribution in [-0.2, 0) is 0 Å². The quantitative estimate of drug-likeness (QED) is 0.881. The van der Waals surface area contributed by atoms with E-state index in [-0.39, 0.29) is 6.04 Å². The number of hydrogen-bond donors (Lipinski definition) is 1. The Kier molecular flexibility index (Phi) is 3.27. The minimum Gasteiger partial charge on any atom is -0.497 e. The highest BCUT2D eigenvalue weighted by Gasteiger charge is 2.06. The summed E-state index contributed by atoms with van der Waals surface area (Å²) in [5.74, 6) is 0.883. The molecule has 0 radical (unpaired) electrons. The lowest BCUT2D eigenvalue weighted by Gasteiger charge is -2.02. The SMILES string of the molecule is COc1cccc(-c2ccc([C@H](C)N)s2)c1. The van der Waals surface area contributed by atoms with Crippen LogP contribution in [0.5, 0.6) is 5.75 Å². The molecule has 2 nitrogen and oxygen atoms in total. The average molecular weight is 233 g/mol. The summed E-state index contributed by atoms with van der Waals surface area (Å²) in [6.07, 6.45) is 0. The molecule has 0 fully saturated rings. The van der Waals surface area contributed by atoms with E-state index in [1.165, 1.54) is 15.3 Å². The van der Waals surface area contributed by atoms with Crippen LogP contribution in [0, 0.1) is 0 Å². The molecule has 2 aromatic rings. The number of ether oxygens (including phenoxy) is 1. The van der Waals surface area contributed by atoms with Crippen molar-refractivity contribution in [2.45, 2.75) is 13.0 Å². The van der Waals surface area contributed by atoms with E-state index in [0.29, 0.717) is 0 Å². The molecular weight excluding hydrogens is 218 g/mol. The standard InChI is InChI=1S/C13H15NOS/c1-9(14)12-6-7-13(16-12)10-4-3-5-11(8-10)15-2/h3-9H,14H2,1-2H3/t9-/m0/s1. The molecule has 0 aliphatic rings. The number of methoxy groups -OCH3 is 1. The van der Waals surface area contributed by atoms with E-state index in [2.05, 4.69) is 18.2 Å². The maximum absolute atomic E-state index is 5.85. The highest BCUT2D eigenvalue weighted by Crippen LogP contribution is 2.32. The fourth-order valence-corrected chi connectivity index (χ4v) is 2.49. The van der Waals surface area contributed by atoms with Crippen molar-refractivity contribution in [2.75, 3.05) is 7.11 Å². The molecule has 0 aliphatic heterocycles. The Balaban J connectivity index is 2.34. The van der Waals surface area contributed by atoms with E-state index in [1.54, 1.807) is 18.4 Å². The van der Waals surface area contributed by atoms with Gasteiger partial charge in [-0.3, -0.25) is 0 Å². The van der Waals surface area contributed by atoms with E-state index in [4.69, 9.17) is 10.5 Å². The minimum absolute atomic E-state index is 0.101. The van der Waals surface area contributed by atoms with Gasteiger partial charge >= 0.3 is 0 Å². The van der Waals surface area contributed by atoms with Crippen molar-refractivity contribution in [1.82, 2.24) is 0 Å². The molecule has 0 aliphatic carbocycles. The van der Waals surface area contributed by atoms with Crippen molar-refractivity contribution in [3.8, 4) is 16.2 Å². The summed E-state index contributed by atoms with van der Waals surface area (Å²) < 4.78 is 5.21. The van der Waals surface area contributed by atoms with Gasteiger partial charge in [-0.05, 0) is 36.8 Å². The Morgan fingerprint density at radius 1 is 1.25 bits per heavy atom. The van der Waals surface area contributed by atoms with Gasteiger partial charge in [0, 0.05) is 15.8 Å². The summed E-state index contributed by atoms with van der Waals surface area (Å²) >= 11 is 1.73. The van der Waals surface area contributed by atoms with E-state index in [9.17, 15) is 0 Å². The Hall–Kier alpha value is -1.32. The van der Waals surface area contributed by atoms with E-state index < -0.39 is 0 Å². The molecule has 0 saturated carbocycles. The van der Waals surface area contributed by atoms with Gasteiger partial charge in [-0.1, -0.05) is 12.1 Å². The van der Waals surface area contributed by atoms with Crippen LogP contribution in [0.1, 0.15) is 17.8 Å². The monoisotopic (exact) mass is 233 g/mol. The number of nitrogens with two attached hydrogens (primary N) is 1. The predicted molar refractivity (Wildman–Crippen MR) is 68.9 cm³/mol. The largest absolute Gasteiger partial charge is 0.497 e. The molecule has 1 aromatic carbocycles. The smallest absolute Gasteiger partial charge is 0.119 e. The summed E-state index contributed by atoms with van der Waals surface area (Å²) in [4.78, 5) is 2.43. The van der Waals surface area contributed by atoms with Gasteiger partial charge in [0.2, 0.25) is 0 Å². The molecular formula is C13H15NOS. The Morgan fingerprint density at radius 2 is 2.06 bits per heavy atom. The predicted octanol–water partition coefficient (Wildman–Crippen LogP) is 3.44. The van der Waals surface area contributed by atoms with Crippen molar-refractivity contribution < 1.29 is 4.74 Å². The van der Waals surface area contributed by atoms with E-state index in [0.717, 1.165) is 5.75 Å². The lowest BCUT2D eigenvalue weighted by molar-refractivity contribution is 0.415. The van der Waals surface area contributed by atoms with Gasteiger partial charge in [0.25, 0.3) is 0 Å². The van der Waals surface area contributed by atoms with Gasteiger partial charge in [0.15, 0.2) is 0 Å². The molecule has 0 saturated heterocycles. The van der Waals surface area contributed by atoms with E-state index >= 15 is 0 Å². The van der Waals surface area contributed by atoms with Gasteiger partial charge in [-0.15, -0.1) is 11.3 Å². The molecule has 0 spiro atoms. The first kappa shape index (κ1) is 11.2. The Morgan fingerprint density at radius 3 is 2.69 bits per heavy atom. The van der Waals surface area contributed by atoms with Crippen LogP contribution in [-0.4, -0.2) is 7.11 Å². The summed E-state index contributed by atoms with van der Waals surface area (Å²) in [7, 11) is 1.68. The third-order valence-electron chi connectivity index (χ3n) is 2.43. The molecule has 2 rings (SSSR count). The Labute approximate surface area is 99.7 Å². The molecule has 16 heavy (non-hydrogen) atoms. The fourth-order valence-electron chi connectivity index (χ4n) is 1.53. The maximum atomic E-state index is 5.85. The third-order valence-corrected chi connectivity index (χ3v) is 3.77. The van der Waals surface area contributed by atoms with Crippen molar-refractivity contribution >= 4 is 11.3 Å². The zero-order valence-electron chi connectivity index (χ0n) is 9.44. The topological polar surface area (TPSA) is 35.2 Å². The van der Waals surface area contributed by atoms with Crippen LogP contribution >= 0.6 is 11.3 Å². The zero-order chi connectivity index (χ0) is 11.5. The number of benzene rings is 1. The van der Waals surface area contributed by atoms with Crippen LogP contribution in [0.2, 0.25) is 0 Å². The lowest BCUT2D eigenvalue weighted by Crippen LogP contribution is -2.01. The molecule has 84 valence electrons. The summed E-state index contributed by atoms with van der Waals surface area (Å²) in [5, 5.41) is 0. The van der Waals surface area contributed by atoms with Gasteiger partial charge in [-0.25, -0.2) is 0 Å². The molecule has 0 unspecified atom stereocenters. The van der Waals surface area contributed by atoms with Gasteiger partial charge < -0.3 is 10.5 Å². The van der Waals surface area contributed by atoms with Crippen molar-refractivity contribution in [3.05, 3.63) is 41.3 Å². The number of thiophene rings is 1. The molecule has 1 atom stereocenters. The molecule has 3 heteroatoms. The van der Waals surface area contributed by atoms with Gasteiger partial charge in [0.05, 0.1) is 7.11 Å². The van der Waals surface area contributed by atoms with Crippen molar-refractivity contribution in [2.24, 2.45) is 5.73 Å². The van der Waals surface area contributed by atoms with Crippen LogP contribution in [0.15, 0.2) is 36.4 Å². The molecule has 1 aromatic heterocycles. The van der Waals surface area contributed by atoms with Crippen LogP contribution in [0.4, 0.5) is 0 Å². The van der Waals surface area contributed by atoms with Crippen LogP contribution < -0.4 is 10.5 Å². The molecule has 1 heterocycles. The fraction of sp³-hybridized carbons (Fsp3) is 0.231. The highest BCUT2D eigenvalue weighted by atomic mass is 32.1. The molecule has 0 amide bonds. The van der Waals surface area contributed by atoms with Crippen LogP contribution in [0.3, 0.4) is 0 Å². The first-order chi connectivity index (χ1) is 7.70. The van der Waals surface area contributed by atoms with Gasteiger partial charge in [-0.2, -0.15) is 0 Å². The second kappa shape index (κ2) is 4.68. The Bertz CT molecular complexity index is 476. The number of hydrogen-bond acceptors (Lipinski definition) is 3. The first-order valence-electron chi connectivity index (χ1n) is 5.20. The average Bonchev–Trinajstić information content (AvgIpc) is 2.78. The van der Waals surface area contributed by atoms with E-state index in [1.807, 2.05) is 25.1 Å². The van der Waals surface area contributed by atoms with Crippen molar-refractivity contribution in [1.29, 1.82) is 0 Å². The molecule has 0 bridgehead atoms. The zero-order valence-corrected chi connectivity index (χ0v) is 10.3. The maximum Gasteiger partial charge on any atom is 0.119 e. The molecule has 2 N–H and O–H groups in total. The second-order valence-electron chi connectivity index (χ2n) is 3.72. The highest BCUT2D eigenvalue weighted by molar-refractivity contribution is 7.15. The normalized spacial score (nSPS) is 12.4. The third kappa shape index (κ3) is 2.26. The van der Waals surface area contributed by atoms with Gasteiger partial charge in [0.1, 0.15) is 5.75 Å². The summed E-state index contributed by atoms with van der Waals surface area (Å²) in [6.45, 7) is 2.00. The number of rotatable bonds is 3. The minimum atomic E-state index is 0.101.